The third kappa shape index (κ3) is 4.60. The van der Waals surface area contributed by atoms with Gasteiger partial charge in [0.1, 0.15) is 9.99 Å². The molecular formula is C27H28O3S2. The number of thiophene rings is 1. The number of sulfone groups is 1. The summed E-state index contributed by atoms with van der Waals surface area (Å²) in [5.41, 5.74) is 4.79. The maximum Gasteiger partial charge on any atom is 0.188 e. The fourth-order valence-electron chi connectivity index (χ4n) is 5.65. The van der Waals surface area contributed by atoms with Crippen LogP contribution in [0.5, 0.6) is 0 Å². The standard InChI is InChI=1S/C27H28O3S2/c28-25(14-19-5-2-1-3-6-19)15-20-8-9-21-16-22-10-11-23(17-24(21)13-20)26(22)18-32(29,30)27-7-4-12-31-27/h1-9,12-13,22-23,26H,10-11,14-18H2. The first-order valence-corrected chi connectivity index (χ1v) is 13.9. The predicted molar refractivity (Wildman–Crippen MR) is 129 cm³/mol. The molecular weight excluding hydrogens is 436 g/mol. The molecule has 3 aromatic rings. The summed E-state index contributed by atoms with van der Waals surface area (Å²) in [5, 5.41) is 1.84. The highest BCUT2D eigenvalue weighted by atomic mass is 32.2. The van der Waals surface area contributed by atoms with Gasteiger partial charge in [-0.1, -0.05) is 54.6 Å². The Balaban J connectivity index is 1.30. The first kappa shape index (κ1) is 21.6. The Kier molecular flexibility index (Phi) is 6.04. The number of hydrogen-bond donors (Lipinski definition) is 0. The highest BCUT2D eigenvalue weighted by molar-refractivity contribution is 7.93. The number of carbonyl (C=O) groups is 1. The zero-order chi connectivity index (χ0) is 22.1. The summed E-state index contributed by atoms with van der Waals surface area (Å²) in [5.74, 6) is 1.55. The van der Waals surface area contributed by atoms with Gasteiger partial charge in [-0.3, -0.25) is 4.79 Å². The van der Waals surface area contributed by atoms with Crippen LogP contribution < -0.4 is 0 Å². The van der Waals surface area contributed by atoms with Crippen molar-refractivity contribution in [3.8, 4) is 0 Å². The second-order valence-electron chi connectivity index (χ2n) is 9.36. The molecule has 3 unspecified atom stereocenters. The molecule has 0 spiro atoms. The Morgan fingerprint density at radius 1 is 0.844 bits per heavy atom. The number of carbonyl (C=O) groups excluding carboxylic acids is 1. The Bertz CT molecular complexity index is 1200. The fourth-order valence-corrected chi connectivity index (χ4v) is 8.56. The summed E-state index contributed by atoms with van der Waals surface area (Å²) in [6, 6.07) is 19.9. The third-order valence-corrected chi connectivity index (χ3v) is 10.5. The predicted octanol–water partition coefficient (Wildman–Crippen LogP) is 5.32. The molecule has 1 fully saturated rings. The second kappa shape index (κ2) is 8.95. The van der Waals surface area contributed by atoms with E-state index in [9.17, 15) is 13.2 Å². The van der Waals surface area contributed by atoms with Crippen LogP contribution in [0.15, 0.2) is 70.3 Å². The van der Waals surface area contributed by atoms with E-state index >= 15 is 0 Å². The molecule has 32 heavy (non-hydrogen) atoms. The SMILES string of the molecule is O=C(Cc1ccccc1)Cc1ccc2c(c1)CC1CCC(C2)C1CS(=O)(=O)c1cccs1. The molecule has 2 aliphatic carbocycles. The summed E-state index contributed by atoms with van der Waals surface area (Å²) in [6.45, 7) is 0. The van der Waals surface area contributed by atoms with Crippen LogP contribution in [0.1, 0.15) is 35.1 Å². The van der Waals surface area contributed by atoms with Crippen molar-refractivity contribution < 1.29 is 13.2 Å². The fraction of sp³-hybridized carbons (Fsp3) is 0.370. The summed E-state index contributed by atoms with van der Waals surface area (Å²) in [6.07, 6.45) is 5.02. The van der Waals surface area contributed by atoms with Crippen LogP contribution in [-0.2, 0) is 40.3 Å². The molecule has 2 aromatic carbocycles. The van der Waals surface area contributed by atoms with Gasteiger partial charge in [-0.25, -0.2) is 8.42 Å². The molecule has 0 amide bonds. The van der Waals surface area contributed by atoms with Gasteiger partial charge in [-0.05, 0) is 77.1 Å². The van der Waals surface area contributed by atoms with E-state index in [1.54, 1.807) is 6.07 Å². The van der Waals surface area contributed by atoms with E-state index in [1.165, 1.54) is 22.5 Å². The van der Waals surface area contributed by atoms with Crippen molar-refractivity contribution in [2.24, 2.45) is 17.8 Å². The molecule has 5 heteroatoms. The van der Waals surface area contributed by atoms with Crippen LogP contribution >= 0.6 is 11.3 Å². The number of fused-ring (bicyclic) bond motifs is 3. The van der Waals surface area contributed by atoms with Crippen LogP contribution in [0.4, 0.5) is 0 Å². The lowest BCUT2D eigenvalue weighted by Crippen LogP contribution is -2.25. The van der Waals surface area contributed by atoms with Crippen LogP contribution in [0.2, 0.25) is 0 Å². The minimum absolute atomic E-state index is 0.220. The summed E-state index contributed by atoms with van der Waals surface area (Å²) in [4.78, 5) is 12.6. The Morgan fingerprint density at radius 2 is 1.56 bits per heavy atom. The quantitative estimate of drug-likeness (QED) is 0.476. The lowest BCUT2D eigenvalue weighted by molar-refractivity contribution is -0.117. The zero-order valence-corrected chi connectivity index (χ0v) is 19.7. The number of Topliss-reactive ketones (excluding diaryl/α,β-unsaturated/α-hetero) is 1. The number of ketones is 1. The van der Waals surface area contributed by atoms with E-state index in [0.717, 1.165) is 36.8 Å². The second-order valence-corrected chi connectivity index (χ2v) is 12.6. The minimum atomic E-state index is -3.23. The van der Waals surface area contributed by atoms with E-state index in [1.807, 2.05) is 41.8 Å². The lowest BCUT2D eigenvalue weighted by Gasteiger charge is -2.21. The zero-order valence-electron chi connectivity index (χ0n) is 18.1. The maximum absolute atomic E-state index is 13.0. The van der Waals surface area contributed by atoms with Crippen LogP contribution in [-0.4, -0.2) is 20.0 Å². The van der Waals surface area contributed by atoms with Gasteiger partial charge in [0.15, 0.2) is 9.84 Å². The molecule has 1 aromatic heterocycles. The highest BCUT2D eigenvalue weighted by Crippen LogP contribution is 2.45. The van der Waals surface area contributed by atoms with Crippen molar-refractivity contribution in [1.82, 2.24) is 0 Å². The van der Waals surface area contributed by atoms with Gasteiger partial charge < -0.3 is 0 Å². The molecule has 2 aliphatic rings. The van der Waals surface area contributed by atoms with Crippen molar-refractivity contribution in [2.45, 2.75) is 42.7 Å². The van der Waals surface area contributed by atoms with E-state index in [-0.39, 0.29) is 17.5 Å². The van der Waals surface area contributed by atoms with Gasteiger partial charge >= 0.3 is 0 Å². The summed E-state index contributed by atoms with van der Waals surface area (Å²) in [7, 11) is -3.23. The normalized spacial score (nSPS) is 22.3. The van der Waals surface area contributed by atoms with Crippen LogP contribution in [0, 0.1) is 17.8 Å². The van der Waals surface area contributed by atoms with Crippen molar-refractivity contribution >= 4 is 27.0 Å². The van der Waals surface area contributed by atoms with Crippen molar-refractivity contribution in [1.29, 1.82) is 0 Å². The molecule has 166 valence electrons. The van der Waals surface area contributed by atoms with Gasteiger partial charge in [0.2, 0.25) is 0 Å². The van der Waals surface area contributed by atoms with Crippen LogP contribution in [0.3, 0.4) is 0 Å². The molecule has 0 N–H and O–H groups in total. The third-order valence-electron chi connectivity index (χ3n) is 7.21. The number of hydrogen-bond acceptors (Lipinski definition) is 4. The molecule has 0 radical (unpaired) electrons. The lowest BCUT2D eigenvalue weighted by atomic mass is 9.89. The van der Waals surface area contributed by atoms with Gasteiger partial charge in [0, 0.05) is 12.8 Å². The summed E-state index contributed by atoms with van der Waals surface area (Å²) < 4.78 is 26.4. The first-order chi connectivity index (χ1) is 15.5. The van der Waals surface area contributed by atoms with E-state index in [0.29, 0.717) is 28.9 Å². The largest absolute Gasteiger partial charge is 0.299 e. The molecule has 1 saturated carbocycles. The Labute approximate surface area is 194 Å². The van der Waals surface area contributed by atoms with Gasteiger partial charge in [0.05, 0.1) is 5.75 Å². The average molecular weight is 465 g/mol. The molecule has 1 heterocycles. The smallest absolute Gasteiger partial charge is 0.188 e. The Morgan fingerprint density at radius 3 is 2.28 bits per heavy atom. The van der Waals surface area contributed by atoms with Gasteiger partial charge in [0.25, 0.3) is 0 Å². The molecule has 0 aliphatic heterocycles. The Hall–Kier alpha value is -2.24. The molecule has 0 saturated heterocycles. The minimum Gasteiger partial charge on any atom is -0.299 e. The van der Waals surface area contributed by atoms with Crippen molar-refractivity contribution in [3.63, 3.8) is 0 Å². The van der Waals surface area contributed by atoms with Crippen LogP contribution in [0.25, 0.3) is 0 Å². The molecule has 3 atom stereocenters. The summed E-state index contributed by atoms with van der Waals surface area (Å²) >= 11 is 1.32. The van der Waals surface area contributed by atoms with Gasteiger partial charge in [-0.2, -0.15) is 0 Å². The van der Waals surface area contributed by atoms with E-state index in [2.05, 4.69) is 18.2 Å². The van der Waals surface area contributed by atoms with Crippen molar-refractivity contribution in [2.75, 3.05) is 5.75 Å². The average Bonchev–Trinajstić information content (AvgIpc) is 3.39. The maximum atomic E-state index is 13.0. The topological polar surface area (TPSA) is 51.2 Å². The number of rotatable bonds is 7. The number of benzene rings is 2. The molecule has 3 nitrogen and oxygen atoms in total. The van der Waals surface area contributed by atoms with Crippen molar-refractivity contribution in [3.05, 3.63) is 88.3 Å². The molecule has 2 bridgehead atoms. The monoisotopic (exact) mass is 464 g/mol. The molecule has 5 rings (SSSR count). The van der Waals surface area contributed by atoms with Gasteiger partial charge in [-0.15, -0.1) is 11.3 Å². The van der Waals surface area contributed by atoms with E-state index < -0.39 is 9.84 Å². The first-order valence-electron chi connectivity index (χ1n) is 11.4. The van der Waals surface area contributed by atoms with E-state index in [4.69, 9.17) is 0 Å². The highest BCUT2D eigenvalue weighted by Gasteiger charge is 2.41.